The molecule has 3 heterocycles. The van der Waals surface area contributed by atoms with Crippen LogP contribution in [0, 0.1) is 0 Å². The average Bonchev–Trinajstić information content (AvgIpc) is 3.43. The maximum Gasteiger partial charge on any atom is 0.163 e. The molecule has 1 aliphatic carbocycles. The predicted octanol–water partition coefficient (Wildman–Crippen LogP) is 13.6. The molecule has 0 N–H and O–H groups in total. The Hall–Kier alpha value is -7.47. The monoisotopic (exact) mass is 782 g/mol. The smallest absolute Gasteiger partial charge is 0.163 e. The van der Waals surface area contributed by atoms with Crippen molar-refractivity contribution < 1.29 is 0 Å². The summed E-state index contributed by atoms with van der Waals surface area (Å²) in [4.78, 5) is 22.6. The van der Waals surface area contributed by atoms with Gasteiger partial charge in [0.05, 0.1) is 22.4 Å². The summed E-state index contributed by atoms with van der Waals surface area (Å²) in [6, 6.07) is 69.9. The Morgan fingerprint density at radius 2 is 0.967 bits per heavy atom. The molecule has 4 nitrogen and oxygen atoms in total. The Bertz CT molecular complexity index is 3290. The highest BCUT2D eigenvalue weighted by Gasteiger charge is 2.48. The largest absolute Gasteiger partial charge is 0.236 e. The van der Waals surface area contributed by atoms with E-state index in [0.29, 0.717) is 11.6 Å². The van der Waals surface area contributed by atoms with Crippen molar-refractivity contribution in [2.75, 3.05) is 0 Å². The lowest BCUT2D eigenvalue weighted by molar-refractivity contribution is 0.711. The molecule has 60 heavy (non-hydrogen) atoms. The molecule has 280 valence electrons. The number of fused-ring (bicyclic) bond motifs is 13. The summed E-state index contributed by atoms with van der Waals surface area (Å²) in [6.45, 7) is 0. The summed E-state index contributed by atoms with van der Waals surface area (Å²) in [5.74, 6) is 1.23. The molecule has 1 atom stereocenters. The van der Waals surface area contributed by atoms with E-state index in [1.807, 2.05) is 60.6 Å². The summed E-state index contributed by atoms with van der Waals surface area (Å²) >= 11 is 1.89. The minimum Gasteiger partial charge on any atom is -0.236 e. The SMILES string of the molecule is c1ccc(-c2cc(-c3ccc4c(c3)C3(c5ccccc5Sc5c3ccc3ccccc53)c3ccccc3-c3ccccc3-4)nc(-c3cnc(-c4ccccc4)nc3)n2)cc1. The van der Waals surface area contributed by atoms with Crippen LogP contribution in [0.2, 0.25) is 0 Å². The fourth-order valence-electron chi connectivity index (χ4n) is 9.40. The van der Waals surface area contributed by atoms with Gasteiger partial charge < -0.3 is 0 Å². The van der Waals surface area contributed by atoms with Crippen LogP contribution in [0.15, 0.2) is 216 Å². The number of rotatable bonds is 4. The summed E-state index contributed by atoms with van der Waals surface area (Å²) in [5, 5.41) is 2.50. The van der Waals surface area contributed by atoms with Crippen molar-refractivity contribution in [1.29, 1.82) is 0 Å². The van der Waals surface area contributed by atoms with Crippen molar-refractivity contribution in [3.8, 4) is 67.5 Å². The van der Waals surface area contributed by atoms with E-state index in [4.69, 9.17) is 19.9 Å². The molecule has 1 aliphatic heterocycles. The third-order valence-electron chi connectivity index (χ3n) is 12.1. The molecule has 0 radical (unpaired) electrons. The number of benzene rings is 8. The number of hydrogen-bond donors (Lipinski definition) is 0. The van der Waals surface area contributed by atoms with Gasteiger partial charge in [-0.15, -0.1) is 0 Å². The highest BCUT2D eigenvalue weighted by atomic mass is 32.2. The zero-order valence-corrected chi connectivity index (χ0v) is 33.1. The average molecular weight is 783 g/mol. The van der Waals surface area contributed by atoms with Gasteiger partial charge in [-0.3, -0.25) is 0 Å². The van der Waals surface area contributed by atoms with Gasteiger partial charge >= 0.3 is 0 Å². The lowest BCUT2D eigenvalue weighted by Crippen LogP contribution is -2.34. The molecule has 5 heteroatoms. The minimum absolute atomic E-state index is 0.572. The van der Waals surface area contributed by atoms with Crippen LogP contribution < -0.4 is 0 Å². The van der Waals surface area contributed by atoms with Crippen LogP contribution in [0.4, 0.5) is 0 Å². The van der Waals surface area contributed by atoms with Gasteiger partial charge in [0.15, 0.2) is 11.6 Å². The number of hydrogen-bond acceptors (Lipinski definition) is 5. The van der Waals surface area contributed by atoms with Crippen LogP contribution in [0.1, 0.15) is 22.3 Å². The molecule has 1 spiro atoms. The summed E-state index contributed by atoms with van der Waals surface area (Å²) in [5.41, 5.74) is 14.7. The first-order chi connectivity index (χ1) is 29.7. The first-order valence-electron chi connectivity index (χ1n) is 20.2. The van der Waals surface area contributed by atoms with E-state index in [1.165, 1.54) is 65.1 Å². The summed E-state index contributed by atoms with van der Waals surface area (Å²) in [6.07, 6.45) is 3.67. The highest BCUT2D eigenvalue weighted by Crippen LogP contribution is 2.62. The quantitative estimate of drug-likeness (QED) is 0.178. The van der Waals surface area contributed by atoms with Gasteiger partial charge in [0.1, 0.15) is 0 Å². The summed E-state index contributed by atoms with van der Waals surface area (Å²) in [7, 11) is 0. The molecular formula is C55H34N4S. The zero-order chi connectivity index (χ0) is 39.6. The standard InChI is InChI=1S/C55H34N4S/c1-3-16-36(17-4-1)49-32-50(59-54(58-49)39-33-56-53(57-34-39)37-18-5-2-6-19-37)38-27-29-44-42-22-10-9-21-41(42)43-23-11-12-24-45(43)55(48(44)31-38)46-25-13-14-26-51(46)60-52-40-20-8-7-15-35(40)28-30-47(52)55/h1-34H. The summed E-state index contributed by atoms with van der Waals surface area (Å²) < 4.78 is 0. The Labute approximate surface area is 352 Å². The van der Waals surface area contributed by atoms with Gasteiger partial charge in [0.25, 0.3) is 0 Å². The van der Waals surface area contributed by atoms with Crippen molar-refractivity contribution in [3.63, 3.8) is 0 Å². The maximum absolute atomic E-state index is 5.33. The van der Waals surface area contributed by atoms with Gasteiger partial charge in [0, 0.05) is 38.9 Å². The molecule has 0 bridgehead atoms. The van der Waals surface area contributed by atoms with Crippen LogP contribution in [0.5, 0.6) is 0 Å². The molecule has 2 aromatic heterocycles. The maximum atomic E-state index is 5.33. The Balaban J connectivity index is 1.15. The first-order valence-corrected chi connectivity index (χ1v) is 21.0. The van der Waals surface area contributed by atoms with Crippen molar-refractivity contribution in [1.82, 2.24) is 19.9 Å². The fourth-order valence-corrected chi connectivity index (χ4v) is 10.7. The van der Waals surface area contributed by atoms with Crippen molar-refractivity contribution in [2.24, 2.45) is 0 Å². The number of nitrogens with zero attached hydrogens (tertiary/aromatic N) is 4. The third kappa shape index (κ3) is 5.33. The van der Waals surface area contributed by atoms with E-state index in [2.05, 4.69) is 158 Å². The second-order valence-electron chi connectivity index (χ2n) is 15.4. The molecule has 1 unspecified atom stereocenters. The molecule has 2 aliphatic rings. The van der Waals surface area contributed by atoms with Crippen LogP contribution in [-0.4, -0.2) is 19.9 Å². The van der Waals surface area contributed by atoms with Crippen molar-refractivity contribution >= 4 is 22.5 Å². The lowest BCUT2D eigenvalue weighted by Gasteiger charge is -2.43. The predicted molar refractivity (Wildman–Crippen MR) is 244 cm³/mol. The molecule has 0 saturated carbocycles. The van der Waals surface area contributed by atoms with E-state index >= 15 is 0 Å². The van der Waals surface area contributed by atoms with Crippen molar-refractivity contribution in [3.05, 3.63) is 229 Å². The Morgan fingerprint density at radius 1 is 0.367 bits per heavy atom. The molecule has 0 fully saturated rings. The van der Waals surface area contributed by atoms with Gasteiger partial charge in [-0.05, 0) is 73.5 Å². The van der Waals surface area contributed by atoms with Gasteiger partial charge in [0.2, 0.25) is 0 Å². The highest BCUT2D eigenvalue weighted by molar-refractivity contribution is 7.99. The topological polar surface area (TPSA) is 51.6 Å². The third-order valence-corrected chi connectivity index (χ3v) is 13.3. The van der Waals surface area contributed by atoms with Crippen molar-refractivity contribution in [2.45, 2.75) is 15.2 Å². The Kier molecular flexibility index (Phi) is 7.97. The normalized spacial score (nSPS) is 14.7. The van der Waals surface area contributed by atoms with Crippen LogP contribution >= 0.6 is 11.8 Å². The van der Waals surface area contributed by atoms with Gasteiger partial charge in [-0.25, -0.2) is 19.9 Å². The van der Waals surface area contributed by atoms with E-state index in [1.54, 1.807) is 0 Å². The fraction of sp³-hybridized carbons (Fsp3) is 0.0182. The Morgan fingerprint density at radius 3 is 1.73 bits per heavy atom. The lowest BCUT2D eigenvalue weighted by atomic mass is 9.62. The van der Waals surface area contributed by atoms with E-state index in [0.717, 1.165) is 33.6 Å². The first kappa shape index (κ1) is 34.6. The molecule has 12 rings (SSSR count). The van der Waals surface area contributed by atoms with Crippen LogP contribution in [-0.2, 0) is 5.41 Å². The molecule has 0 amide bonds. The van der Waals surface area contributed by atoms with E-state index in [9.17, 15) is 0 Å². The zero-order valence-electron chi connectivity index (χ0n) is 32.3. The second kappa shape index (κ2) is 13.8. The molecule has 8 aromatic carbocycles. The molecular weight excluding hydrogens is 749 g/mol. The van der Waals surface area contributed by atoms with E-state index in [-0.39, 0.29) is 0 Å². The molecule has 10 aromatic rings. The minimum atomic E-state index is -0.665. The second-order valence-corrected chi connectivity index (χ2v) is 16.4. The molecule has 0 saturated heterocycles. The van der Waals surface area contributed by atoms with Gasteiger partial charge in [-0.2, -0.15) is 0 Å². The van der Waals surface area contributed by atoms with Crippen LogP contribution in [0.25, 0.3) is 78.3 Å². The van der Waals surface area contributed by atoms with E-state index < -0.39 is 5.41 Å². The van der Waals surface area contributed by atoms with Gasteiger partial charge in [-0.1, -0.05) is 188 Å². The number of aromatic nitrogens is 4. The van der Waals surface area contributed by atoms with Crippen LogP contribution in [0.3, 0.4) is 0 Å².